The van der Waals surface area contributed by atoms with Crippen molar-refractivity contribution >= 4 is 23.2 Å². The Bertz CT molecular complexity index is 1130. The van der Waals surface area contributed by atoms with E-state index in [1.165, 1.54) is 0 Å². The van der Waals surface area contributed by atoms with Crippen LogP contribution in [0.5, 0.6) is 0 Å². The maximum Gasteiger partial charge on any atom is 0.258 e. The van der Waals surface area contributed by atoms with Gasteiger partial charge in [0.25, 0.3) is 11.8 Å². The molecule has 4 rings (SSSR count). The van der Waals surface area contributed by atoms with Crippen LogP contribution in [-0.4, -0.2) is 20.3 Å². The van der Waals surface area contributed by atoms with Gasteiger partial charge < -0.3 is 9.05 Å². The lowest BCUT2D eigenvalue weighted by Gasteiger charge is -1.93. The van der Waals surface area contributed by atoms with Crippen LogP contribution in [0.3, 0.4) is 0 Å². The highest BCUT2D eigenvalue weighted by molar-refractivity contribution is 6.16. The van der Waals surface area contributed by atoms with Gasteiger partial charge in [-0.05, 0) is 36.4 Å². The van der Waals surface area contributed by atoms with Gasteiger partial charge in [-0.3, -0.25) is 0 Å². The standard InChI is InChI=1S/2C10H6ClN3O/c2*11-5-9-13-10(15-14-9)8-3-1-2-7(4-8)6-12/h2*1-4H,5H2. The van der Waals surface area contributed by atoms with Gasteiger partial charge in [0.1, 0.15) is 0 Å². The monoisotopic (exact) mass is 438 g/mol. The average Bonchev–Trinajstić information content (AvgIpc) is 3.49. The van der Waals surface area contributed by atoms with Gasteiger partial charge in [-0.25, -0.2) is 0 Å². The molecule has 0 bridgehead atoms. The van der Waals surface area contributed by atoms with Crippen molar-refractivity contribution in [2.45, 2.75) is 11.8 Å². The fourth-order valence-electron chi connectivity index (χ4n) is 2.29. The van der Waals surface area contributed by atoms with Crippen LogP contribution in [0.2, 0.25) is 0 Å². The molecule has 30 heavy (non-hydrogen) atoms. The van der Waals surface area contributed by atoms with Crippen LogP contribution >= 0.6 is 23.2 Å². The predicted molar refractivity (Wildman–Crippen MR) is 108 cm³/mol. The number of hydrogen-bond donors (Lipinski definition) is 0. The molecule has 0 atom stereocenters. The number of aromatic nitrogens is 4. The Balaban J connectivity index is 0.000000171. The van der Waals surface area contributed by atoms with Crippen LogP contribution in [0.4, 0.5) is 0 Å². The third-order valence-electron chi connectivity index (χ3n) is 3.65. The van der Waals surface area contributed by atoms with Crippen molar-refractivity contribution in [2.75, 3.05) is 0 Å². The highest BCUT2D eigenvalue weighted by Crippen LogP contribution is 2.19. The third kappa shape index (κ3) is 5.21. The lowest BCUT2D eigenvalue weighted by Crippen LogP contribution is -1.82. The summed E-state index contributed by atoms with van der Waals surface area (Å²) in [4.78, 5) is 8.11. The van der Waals surface area contributed by atoms with Crippen molar-refractivity contribution in [3.05, 3.63) is 71.3 Å². The molecule has 2 aromatic heterocycles. The van der Waals surface area contributed by atoms with Crippen LogP contribution in [0.1, 0.15) is 22.8 Å². The van der Waals surface area contributed by atoms with Crippen molar-refractivity contribution in [1.29, 1.82) is 10.5 Å². The van der Waals surface area contributed by atoms with Gasteiger partial charge in [0.15, 0.2) is 11.6 Å². The maximum absolute atomic E-state index is 8.72. The number of hydrogen-bond acceptors (Lipinski definition) is 8. The average molecular weight is 439 g/mol. The largest absolute Gasteiger partial charge is 0.334 e. The van der Waals surface area contributed by atoms with Crippen molar-refractivity contribution in [1.82, 2.24) is 20.3 Å². The first-order valence-corrected chi connectivity index (χ1v) is 9.52. The molecule has 0 aliphatic heterocycles. The lowest BCUT2D eigenvalue weighted by molar-refractivity contribution is 0.425. The zero-order valence-corrected chi connectivity index (χ0v) is 16.8. The number of alkyl halides is 2. The lowest BCUT2D eigenvalue weighted by atomic mass is 10.1. The second-order valence-corrected chi connectivity index (χ2v) is 6.22. The molecule has 0 saturated carbocycles. The fraction of sp³-hybridized carbons (Fsp3) is 0.100. The molecule has 4 aromatic rings. The summed E-state index contributed by atoms with van der Waals surface area (Å²) in [6, 6.07) is 18.0. The zero-order chi connectivity index (χ0) is 21.3. The van der Waals surface area contributed by atoms with Crippen molar-refractivity contribution in [3.63, 3.8) is 0 Å². The van der Waals surface area contributed by atoms with Gasteiger partial charge in [-0.2, -0.15) is 20.5 Å². The summed E-state index contributed by atoms with van der Waals surface area (Å²) in [7, 11) is 0. The SMILES string of the molecule is N#Cc1cccc(-c2nc(CCl)no2)c1.N#Cc1cccc(-c2nc(CCl)no2)c1. The van der Waals surface area contributed by atoms with Crippen molar-refractivity contribution < 1.29 is 9.05 Å². The van der Waals surface area contributed by atoms with Gasteiger partial charge in [0.05, 0.1) is 35.0 Å². The second kappa shape index (κ2) is 10.2. The Hall–Kier alpha value is -3.72. The number of benzene rings is 2. The molecule has 0 amide bonds. The van der Waals surface area contributed by atoms with Gasteiger partial charge >= 0.3 is 0 Å². The molecule has 0 N–H and O–H groups in total. The van der Waals surface area contributed by atoms with Gasteiger partial charge in [0.2, 0.25) is 0 Å². The molecule has 10 heteroatoms. The quantitative estimate of drug-likeness (QED) is 0.419. The third-order valence-corrected chi connectivity index (χ3v) is 4.13. The highest BCUT2D eigenvalue weighted by atomic mass is 35.5. The summed E-state index contributed by atoms with van der Waals surface area (Å²) >= 11 is 11.1. The number of halogens is 2. The number of nitrogens with zero attached hydrogens (tertiary/aromatic N) is 6. The van der Waals surface area contributed by atoms with Crippen LogP contribution in [0, 0.1) is 22.7 Å². The first kappa shape index (κ1) is 21.0. The van der Waals surface area contributed by atoms with E-state index in [1.807, 2.05) is 12.1 Å². The Labute approximate surface area is 181 Å². The van der Waals surface area contributed by atoms with Gasteiger partial charge in [-0.15, -0.1) is 23.2 Å². The van der Waals surface area contributed by atoms with E-state index < -0.39 is 0 Å². The van der Waals surface area contributed by atoms with Crippen LogP contribution in [-0.2, 0) is 11.8 Å². The van der Waals surface area contributed by atoms with Crippen LogP contribution < -0.4 is 0 Å². The van der Waals surface area contributed by atoms with E-state index in [9.17, 15) is 0 Å². The molecular formula is C20H12Cl2N6O2. The molecule has 2 heterocycles. The second-order valence-electron chi connectivity index (χ2n) is 5.68. The molecule has 0 unspecified atom stereocenters. The molecule has 0 fully saturated rings. The van der Waals surface area contributed by atoms with E-state index in [2.05, 4.69) is 20.3 Å². The minimum Gasteiger partial charge on any atom is -0.334 e. The fourth-order valence-corrected chi connectivity index (χ4v) is 2.51. The molecule has 2 aromatic carbocycles. The molecule has 0 radical (unpaired) electrons. The Kier molecular flexibility index (Phi) is 7.12. The number of rotatable bonds is 4. The van der Waals surface area contributed by atoms with Crippen LogP contribution in [0.25, 0.3) is 22.9 Å². The summed E-state index contributed by atoms with van der Waals surface area (Å²) in [5.41, 5.74) is 2.55. The van der Waals surface area contributed by atoms with Gasteiger partial charge in [0, 0.05) is 11.1 Å². The topological polar surface area (TPSA) is 125 Å². The van der Waals surface area contributed by atoms with E-state index >= 15 is 0 Å². The molecule has 0 aliphatic rings. The molecule has 148 valence electrons. The summed E-state index contributed by atoms with van der Waals surface area (Å²) in [6.45, 7) is 0. The van der Waals surface area contributed by atoms with Gasteiger partial charge in [-0.1, -0.05) is 22.4 Å². The summed E-state index contributed by atoms with van der Waals surface area (Å²) in [5, 5.41) is 24.8. The highest BCUT2D eigenvalue weighted by Gasteiger charge is 2.09. The molecule has 0 saturated heterocycles. The normalized spacial score (nSPS) is 9.87. The van der Waals surface area contributed by atoms with E-state index in [-0.39, 0.29) is 11.8 Å². The maximum atomic E-state index is 8.72. The molecular weight excluding hydrogens is 427 g/mol. The van der Waals surface area contributed by atoms with E-state index in [4.69, 9.17) is 42.8 Å². The molecule has 0 aliphatic carbocycles. The smallest absolute Gasteiger partial charge is 0.258 e. The first-order valence-electron chi connectivity index (χ1n) is 8.45. The Morgan fingerprint density at radius 3 is 1.50 bits per heavy atom. The first-order chi connectivity index (χ1) is 14.7. The minimum atomic E-state index is 0.210. The van der Waals surface area contributed by atoms with E-state index in [0.717, 1.165) is 11.1 Å². The summed E-state index contributed by atoms with van der Waals surface area (Å²) in [6.07, 6.45) is 0. The Morgan fingerprint density at radius 1 is 0.733 bits per heavy atom. The Morgan fingerprint density at radius 2 is 1.17 bits per heavy atom. The summed E-state index contributed by atoms with van der Waals surface area (Å²) < 4.78 is 9.97. The zero-order valence-electron chi connectivity index (χ0n) is 15.3. The minimum absolute atomic E-state index is 0.210. The van der Waals surface area contributed by atoms with Crippen LogP contribution in [0.15, 0.2) is 57.6 Å². The predicted octanol–water partition coefficient (Wildman–Crippen LogP) is 4.69. The van der Waals surface area contributed by atoms with Crippen molar-refractivity contribution in [2.24, 2.45) is 0 Å². The van der Waals surface area contributed by atoms with E-state index in [1.54, 1.807) is 48.5 Å². The molecule has 8 nitrogen and oxygen atoms in total. The molecule has 0 spiro atoms. The summed E-state index contributed by atoms with van der Waals surface area (Å²) in [5.74, 6) is 2.05. The van der Waals surface area contributed by atoms with E-state index in [0.29, 0.717) is 34.6 Å². The van der Waals surface area contributed by atoms with Crippen molar-refractivity contribution in [3.8, 4) is 35.0 Å². The number of nitriles is 2.